The molecule has 0 saturated heterocycles. The van der Waals surface area contributed by atoms with Gasteiger partial charge in [0.15, 0.2) is 5.58 Å². The van der Waals surface area contributed by atoms with Crippen molar-refractivity contribution in [1.29, 1.82) is 0 Å². The van der Waals surface area contributed by atoms with Crippen molar-refractivity contribution >= 4 is 29.0 Å². The average molecular weight is 300 g/mol. The Hall–Kier alpha value is -2.47. The van der Waals surface area contributed by atoms with E-state index in [4.69, 9.17) is 16.6 Å². The summed E-state index contributed by atoms with van der Waals surface area (Å²) < 4.78 is 7.45. The first-order chi connectivity index (χ1) is 10.0. The first-order valence-electron chi connectivity index (χ1n) is 6.38. The molecule has 6 heteroatoms. The Bertz CT molecular complexity index is 878. The van der Waals surface area contributed by atoms with Crippen LogP contribution in [0.5, 0.6) is 0 Å². The Labute approximate surface area is 125 Å². The van der Waals surface area contributed by atoms with Crippen molar-refractivity contribution in [3.8, 4) is 0 Å². The van der Waals surface area contributed by atoms with E-state index >= 15 is 0 Å². The summed E-state index contributed by atoms with van der Waals surface area (Å²) in [5.41, 5.74) is 3.80. The van der Waals surface area contributed by atoms with Crippen LogP contribution in [0.2, 0.25) is 0 Å². The molecule has 3 aromatic rings. The lowest BCUT2D eigenvalue weighted by molar-refractivity contribution is -0.384. The van der Waals surface area contributed by atoms with Gasteiger partial charge in [-0.3, -0.25) is 14.7 Å². The van der Waals surface area contributed by atoms with Gasteiger partial charge in [0.25, 0.3) is 10.5 Å². The number of hydrogen-bond donors (Lipinski definition) is 0. The smallest absolute Gasteiger partial charge is 0.269 e. The summed E-state index contributed by atoms with van der Waals surface area (Å²) in [6, 6.07) is 12.3. The molecule has 1 aromatic heterocycles. The van der Waals surface area contributed by atoms with Gasteiger partial charge in [-0.15, -0.1) is 0 Å². The normalized spacial score (nSPS) is 10.9. The summed E-state index contributed by atoms with van der Waals surface area (Å²) in [5.74, 6) is 0. The monoisotopic (exact) mass is 300 g/mol. The third kappa shape index (κ3) is 2.57. The van der Waals surface area contributed by atoms with Gasteiger partial charge in [0.2, 0.25) is 0 Å². The maximum atomic E-state index is 10.7. The number of aromatic nitrogens is 1. The zero-order chi connectivity index (χ0) is 15.0. The maximum absolute atomic E-state index is 10.7. The van der Waals surface area contributed by atoms with Gasteiger partial charge in [-0.25, -0.2) is 0 Å². The highest BCUT2D eigenvalue weighted by Gasteiger charge is 2.09. The summed E-state index contributed by atoms with van der Waals surface area (Å²) in [6.07, 6.45) is 0. The molecule has 1 heterocycles. The zero-order valence-electron chi connectivity index (χ0n) is 11.3. The Morgan fingerprint density at radius 2 is 1.95 bits per heavy atom. The van der Waals surface area contributed by atoms with E-state index < -0.39 is 4.92 Å². The van der Waals surface area contributed by atoms with E-state index in [0.717, 1.165) is 22.2 Å². The maximum Gasteiger partial charge on any atom is 0.269 e. The van der Waals surface area contributed by atoms with E-state index in [2.05, 4.69) is 0 Å². The van der Waals surface area contributed by atoms with Crippen LogP contribution in [0.15, 0.2) is 46.9 Å². The van der Waals surface area contributed by atoms with Gasteiger partial charge in [-0.1, -0.05) is 18.2 Å². The van der Waals surface area contributed by atoms with Crippen LogP contribution >= 0.6 is 12.2 Å². The SMILES string of the molecule is Cc1ccc2oc(=S)n(Cc3ccc([N+](=O)[O-])cc3)c2c1. The van der Waals surface area contributed by atoms with Gasteiger partial charge in [0.05, 0.1) is 17.0 Å². The fraction of sp³-hybridized carbons (Fsp3) is 0.133. The lowest BCUT2D eigenvalue weighted by Crippen LogP contribution is -1.99. The van der Waals surface area contributed by atoms with Crippen molar-refractivity contribution in [3.63, 3.8) is 0 Å². The van der Waals surface area contributed by atoms with E-state index in [1.54, 1.807) is 12.1 Å². The molecule has 0 aliphatic rings. The molecule has 0 amide bonds. The Kier molecular flexibility index (Phi) is 3.31. The van der Waals surface area contributed by atoms with E-state index in [-0.39, 0.29) is 5.69 Å². The molecule has 0 aliphatic heterocycles. The number of nitro groups is 1. The summed E-state index contributed by atoms with van der Waals surface area (Å²) in [5, 5.41) is 10.7. The highest BCUT2D eigenvalue weighted by molar-refractivity contribution is 7.71. The quantitative estimate of drug-likeness (QED) is 0.412. The molecule has 106 valence electrons. The second-order valence-corrected chi connectivity index (χ2v) is 5.20. The first kappa shape index (κ1) is 13.5. The molecule has 21 heavy (non-hydrogen) atoms. The van der Waals surface area contributed by atoms with Gasteiger partial charge in [-0.2, -0.15) is 0 Å². The van der Waals surface area contributed by atoms with Crippen molar-refractivity contribution in [1.82, 2.24) is 4.57 Å². The van der Waals surface area contributed by atoms with Crippen LogP contribution in [0, 0.1) is 21.9 Å². The van der Waals surface area contributed by atoms with Gasteiger partial charge >= 0.3 is 0 Å². The van der Waals surface area contributed by atoms with Gasteiger partial charge in [-0.05, 0) is 42.4 Å². The minimum atomic E-state index is -0.411. The fourth-order valence-electron chi connectivity index (χ4n) is 2.23. The number of aryl methyl sites for hydroxylation is 1. The average Bonchev–Trinajstić information content (AvgIpc) is 2.76. The number of nitro benzene ring substituents is 1. The lowest BCUT2D eigenvalue weighted by Gasteiger charge is -2.04. The topological polar surface area (TPSA) is 61.2 Å². The molecule has 0 saturated carbocycles. The zero-order valence-corrected chi connectivity index (χ0v) is 12.1. The third-order valence-electron chi connectivity index (χ3n) is 3.31. The molecule has 3 rings (SSSR count). The standard InChI is InChI=1S/C15H12N2O3S/c1-10-2-7-14-13(8-10)16(15(21)20-14)9-11-3-5-12(6-4-11)17(18)19/h2-8H,9H2,1H3. The van der Waals surface area contributed by atoms with E-state index in [1.807, 2.05) is 29.7 Å². The summed E-state index contributed by atoms with van der Waals surface area (Å²) in [4.78, 5) is 10.7. The first-order valence-corrected chi connectivity index (χ1v) is 6.79. The predicted molar refractivity (Wildman–Crippen MR) is 82.0 cm³/mol. The third-order valence-corrected chi connectivity index (χ3v) is 3.61. The summed E-state index contributed by atoms with van der Waals surface area (Å²) in [7, 11) is 0. The van der Waals surface area contributed by atoms with Crippen LogP contribution < -0.4 is 0 Å². The molecule has 2 aromatic carbocycles. The Morgan fingerprint density at radius 3 is 2.62 bits per heavy atom. The molecule has 5 nitrogen and oxygen atoms in total. The minimum Gasteiger partial charge on any atom is -0.429 e. The number of fused-ring (bicyclic) bond motifs is 1. The molecule has 0 unspecified atom stereocenters. The largest absolute Gasteiger partial charge is 0.429 e. The van der Waals surface area contributed by atoms with Crippen molar-refractivity contribution in [2.45, 2.75) is 13.5 Å². The molecular weight excluding hydrogens is 288 g/mol. The number of non-ortho nitro benzene ring substituents is 1. The fourth-order valence-corrected chi connectivity index (χ4v) is 2.48. The summed E-state index contributed by atoms with van der Waals surface area (Å²) in [6.45, 7) is 2.53. The molecule has 0 spiro atoms. The Morgan fingerprint density at radius 1 is 1.24 bits per heavy atom. The molecule has 0 aliphatic carbocycles. The number of nitrogens with zero attached hydrogens (tertiary/aromatic N) is 2. The van der Waals surface area contributed by atoms with Crippen molar-refractivity contribution in [2.75, 3.05) is 0 Å². The highest BCUT2D eigenvalue weighted by atomic mass is 32.1. The van der Waals surface area contributed by atoms with Gasteiger partial charge in [0, 0.05) is 12.1 Å². The number of hydrogen-bond acceptors (Lipinski definition) is 4. The highest BCUT2D eigenvalue weighted by Crippen LogP contribution is 2.21. The molecule has 0 N–H and O–H groups in total. The molecular formula is C15H12N2O3S. The van der Waals surface area contributed by atoms with Crippen molar-refractivity contribution in [3.05, 3.63) is 68.5 Å². The van der Waals surface area contributed by atoms with Gasteiger partial charge < -0.3 is 4.42 Å². The van der Waals surface area contributed by atoms with E-state index in [9.17, 15) is 10.1 Å². The molecule has 0 radical (unpaired) electrons. The van der Waals surface area contributed by atoms with Crippen LogP contribution in [0.1, 0.15) is 11.1 Å². The second-order valence-electron chi connectivity index (χ2n) is 4.85. The minimum absolute atomic E-state index is 0.0789. The van der Waals surface area contributed by atoms with Crippen LogP contribution in [-0.2, 0) is 6.54 Å². The molecule has 0 atom stereocenters. The molecule has 0 fully saturated rings. The van der Waals surface area contributed by atoms with E-state index in [0.29, 0.717) is 11.4 Å². The lowest BCUT2D eigenvalue weighted by atomic mass is 10.2. The number of benzene rings is 2. The number of oxazole rings is 1. The van der Waals surface area contributed by atoms with Crippen LogP contribution in [0.4, 0.5) is 5.69 Å². The van der Waals surface area contributed by atoms with Crippen molar-refractivity contribution in [2.24, 2.45) is 0 Å². The van der Waals surface area contributed by atoms with E-state index in [1.165, 1.54) is 12.1 Å². The van der Waals surface area contributed by atoms with Crippen LogP contribution in [-0.4, -0.2) is 9.49 Å². The predicted octanol–water partition coefficient (Wildman–Crippen LogP) is 4.23. The number of rotatable bonds is 3. The second kappa shape index (κ2) is 5.14. The van der Waals surface area contributed by atoms with Crippen molar-refractivity contribution < 1.29 is 9.34 Å². The Balaban J connectivity index is 2.01. The molecule has 0 bridgehead atoms. The van der Waals surface area contributed by atoms with Crippen LogP contribution in [0.25, 0.3) is 11.1 Å². The van der Waals surface area contributed by atoms with Gasteiger partial charge in [0.1, 0.15) is 0 Å². The van der Waals surface area contributed by atoms with Crippen LogP contribution in [0.3, 0.4) is 0 Å². The summed E-state index contributed by atoms with van der Waals surface area (Å²) >= 11 is 5.25.